The van der Waals surface area contributed by atoms with Crippen molar-refractivity contribution in [3.8, 4) is 0 Å². The minimum atomic E-state index is 0.902. The molecular weight excluding hydrogens is 276 g/mol. The third-order valence-electron chi connectivity index (χ3n) is 3.42. The van der Waals surface area contributed by atoms with Gasteiger partial charge in [-0.05, 0) is 37.0 Å². The number of nitrogens with zero attached hydrogens (tertiary/aromatic N) is 1. The predicted molar refractivity (Wildman–Crippen MR) is 83.3 cm³/mol. The average Bonchev–Trinajstić information content (AvgIpc) is 3.00. The van der Waals surface area contributed by atoms with Gasteiger partial charge >= 0.3 is 0 Å². The normalized spacial score (nSPS) is 17.3. The Morgan fingerprint density at radius 3 is 3.00 bits per heavy atom. The van der Waals surface area contributed by atoms with Gasteiger partial charge in [0, 0.05) is 33.9 Å². The molecule has 3 heterocycles. The van der Waals surface area contributed by atoms with Crippen molar-refractivity contribution in [3.63, 3.8) is 0 Å². The molecule has 0 aliphatic carbocycles. The van der Waals surface area contributed by atoms with E-state index in [1.165, 1.54) is 27.2 Å². The maximum Gasteiger partial charge on any atom is 0.0594 e. The Bertz CT molecular complexity index is 474. The standard InChI is InChI=1S/C14H20N2OS2/c1(4-16-5-7-17-8-6-16)3-15-11-12-10-14-13(19-12)2-9-18-14/h2,9-10,15H,1,3-8,11H2. The highest BCUT2D eigenvalue weighted by molar-refractivity contribution is 7.26. The van der Waals surface area contributed by atoms with Crippen LogP contribution in [0.5, 0.6) is 0 Å². The largest absolute Gasteiger partial charge is 0.379 e. The molecule has 1 saturated heterocycles. The lowest BCUT2D eigenvalue weighted by atomic mass is 10.3. The molecule has 0 aromatic carbocycles. The fourth-order valence-electron chi connectivity index (χ4n) is 2.37. The van der Waals surface area contributed by atoms with E-state index in [0.29, 0.717) is 0 Å². The van der Waals surface area contributed by atoms with Crippen LogP contribution >= 0.6 is 22.7 Å². The SMILES string of the molecule is c1cc2sc(CNCCCN3CCOCC3)cc2s1. The minimum Gasteiger partial charge on any atom is -0.379 e. The molecule has 1 fully saturated rings. The van der Waals surface area contributed by atoms with Gasteiger partial charge in [-0.1, -0.05) is 0 Å². The Labute approximate surface area is 122 Å². The summed E-state index contributed by atoms with van der Waals surface area (Å²) >= 11 is 3.75. The summed E-state index contributed by atoms with van der Waals surface area (Å²) in [4.78, 5) is 3.94. The predicted octanol–water partition coefficient (Wildman–Crippen LogP) is 2.77. The van der Waals surface area contributed by atoms with Crippen molar-refractivity contribution in [2.75, 3.05) is 39.4 Å². The van der Waals surface area contributed by atoms with Gasteiger partial charge in [0.2, 0.25) is 0 Å². The Morgan fingerprint density at radius 2 is 2.16 bits per heavy atom. The van der Waals surface area contributed by atoms with Crippen LogP contribution in [-0.2, 0) is 11.3 Å². The molecule has 2 aromatic heterocycles. The van der Waals surface area contributed by atoms with Gasteiger partial charge in [-0.3, -0.25) is 4.90 Å². The van der Waals surface area contributed by atoms with Gasteiger partial charge in [-0.2, -0.15) is 0 Å². The molecule has 2 aromatic rings. The zero-order chi connectivity index (χ0) is 12.9. The second-order valence-corrected chi connectivity index (χ2v) is 6.96. The molecule has 1 N–H and O–H groups in total. The number of ether oxygens (including phenoxy) is 1. The zero-order valence-electron chi connectivity index (χ0n) is 11.1. The fourth-order valence-corrected chi connectivity index (χ4v) is 4.47. The Balaban J connectivity index is 1.33. The summed E-state index contributed by atoms with van der Waals surface area (Å²) in [5.41, 5.74) is 0. The van der Waals surface area contributed by atoms with E-state index in [4.69, 9.17) is 4.74 Å². The average molecular weight is 296 g/mol. The molecular formula is C14H20N2OS2. The first-order valence-corrected chi connectivity index (χ1v) is 8.58. The highest BCUT2D eigenvalue weighted by Gasteiger charge is 2.09. The van der Waals surface area contributed by atoms with Gasteiger partial charge in [0.1, 0.15) is 0 Å². The van der Waals surface area contributed by atoms with Crippen molar-refractivity contribution in [3.05, 3.63) is 22.4 Å². The topological polar surface area (TPSA) is 24.5 Å². The summed E-state index contributed by atoms with van der Waals surface area (Å²) in [7, 11) is 0. The lowest BCUT2D eigenvalue weighted by Gasteiger charge is -2.26. The summed E-state index contributed by atoms with van der Waals surface area (Å²) in [6.07, 6.45) is 1.22. The molecule has 1 aliphatic heterocycles. The number of hydrogen-bond acceptors (Lipinski definition) is 5. The van der Waals surface area contributed by atoms with E-state index in [9.17, 15) is 0 Å². The highest BCUT2D eigenvalue weighted by atomic mass is 32.1. The summed E-state index contributed by atoms with van der Waals surface area (Å²) in [6.45, 7) is 7.30. The Morgan fingerprint density at radius 1 is 1.26 bits per heavy atom. The van der Waals surface area contributed by atoms with Crippen LogP contribution in [0.1, 0.15) is 11.3 Å². The molecule has 3 nitrogen and oxygen atoms in total. The van der Waals surface area contributed by atoms with Crippen LogP contribution in [0.3, 0.4) is 0 Å². The van der Waals surface area contributed by atoms with Crippen molar-refractivity contribution < 1.29 is 4.74 Å². The van der Waals surface area contributed by atoms with E-state index >= 15 is 0 Å². The molecule has 0 saturated carbocycles. The maximum atomic E-state index is 5.35. The lowest BCUT2D eigenvalue weighted by molar-refractivity contribution is 0.0374. The van der Waals surface area contributed by atoms with Crippen molar-refractivity contribution in [2.45, 2.75) is 13.0 Å². The van der Waals surface area contributed by atoms with Crippen LogP contribution in [0.2, 0.25) is 0 Å². The smallest absolute Gasteiger partial charge is 0.0594 e. The monoisotopic (exact) mass is 296 g/mol. The first kappa shape index (κ1) is 13.5. The van der Waals surface area contributed by atoms with E-state index in [1.807, 2.05) is 22.7 Å². The van der Waals surface area contributed by atoms with Crippen LogP contribution in [0.15, 0.2) is 17.5 Å². The number of fused-ring (bicyclic) bond motifs is 1. The van der Waals surface area contributed by atoms with Gasteiger partial charge in [-0.15, -0.1) is 22.7 Å². The van der Waals surface area contributed by atoms with Gasteiger partial charge < -0.3 is 10.1 Å². The Hall–Kier alpha value is -0.460. The zero-order valence-corrected chi connectivity index (χ0v) is 12.7. The van der Waals surface area contributed by atoms with Gasteiger partial charge in [0.15, 0.2) is 0 Å². The van der Waals surface area contributed by atoms with Crippen LogP contribution in [-0.4, -0.2) is 44.3 Å². The van der Waals surface area contributed by atoms with Crippen LogP contribution in [0.25, 0.3) is 9.40 Å². The van der Waals surface area contributed by atoms with Crippen LogP contribution in [0.4, 0.5) is 0 Å². The van der Waals surface area contributed by atoms with E-state index in [2.05, 4.69) is 27.7 Å². The van der Waals surface area contributed by atoms with E-state index < -0.39 is 0 Å². The number of thiophene rings is 2. The summed E-state index contributed by atoms with van der Waals surface area (Å²) in [5.74, 6) is 0. The molecule has 0 bridgehead atoms. The van der Waals surface area contributed by atoms with Gasteiger partial charge in [-0.25, -0.2) is 0 Å². The van der Waals surface area contributed by atoms with E-state index in [-0.39, 0.29) is 0 Å². The number of morpholine rings is 1. The van der Waals surface area contributed by atoms with E-state index in [1.54, 1.807) is 0 Å². The molecule has 3 rings (SSSR count). The molecule has 19 heavy (non-hydrogen) atoms. The molecule has 0 spiro atoms. The summed E-state index contributed by atoms with van der Waals surface area (Å²) in [5, 5.41) is 5.72. The van der Waals surface area contributed by atoms with Gasteiger partial charge in [0.05, 0.1) is 13.2 Å². The maximum absolute atomic E-state index is 5.35. The molecule has 0 amide bonds. The summed E-state index contributed by atoms with van der Waals surface area (Å²) < 4.78 is 8.20. The van der Waals surface area contributed by atoms with Gasteiger partial charge in [0.25, 0.3) is 0 Å². The van der Waals surface area contributed by atoms with Crippen molar-refractivity contribution in [1.82, 2.24) is 10.2 Å². The second-order valence-electron chi connectivity index (χ2n) is 4.85. The molecule has 0 radical (unpaired) electrons. The quantitative estimate of drug-likeness (QED) is 0.830. The van der Waals surface area contributed by atoms with Crippen molar-refractivity contribution >= 4 is 32.1 Å². The number of hydrogen-bond donors (Lipinski definition) is 1. The second kappa shape index (κ2) is 6.81. The lowest BCUT2D eigenvalue weighted by Crippen LogP contribution is -2.37. The molecule has 0 unspecified atom stereocenters. The minimum absolute atomic E-state index is 0.902. The van der Waals surface area contributed by atoms with Crippen LogP contribution in [0, 0.1) is 0 Å². The molecule has 0 atom stereocenters. The van der Waals surface area contributed by atoms with E-state index in [0.717, 1.165) is 39.4 Å². The number of rotatable bonds is 6. The first-order valence-electron chi connectivity index (χ1n) is 6.88. The first-order chi connectivity index (χ1) is 9.42. The molecule has 5 heteroatoms. The third-order valence-corrected chi connectivity index (χ3v) is 5.51. The fraction of sp³-hybridized carbons (Fsp3) is 0.571. The molecule has 1 aliphatic rings. The van der Waals surface area contributed by atoms with Crippen molar-refractivity contribution in [1.29, 1.82) is 0 Å². The van der Waals surface area contributed by atoms with Crippen LogP contribution < -0.4 is 5.32 Å². The number of nitrogens with one attached hydrogen (secondary N) is 1. The highest BCUT2D eigenvalue weighted by Crippen LogP contribution is 2.29. The van der Waals surface area contributed by atoms with Crippen molar-refractivity contribution in [2.24, 2.45) is 0 Å². The third kappa shape index (κ3) is 3.77. The molecule has 104 valence electrons. The summed E-state index contributed by atoms with van der Waals surface area (Å²) in [6, 6.07) is 4.53. The Kier molecular flexibility index (Phi) is 4.85.